The van der Waals surface area contributed by atoms with Crippen LogP contribution in [0.1, 0.15) is 53.9 Å². The average molecular weight is 284 g/mol. The van der Waals surface area contributed by atoms with Gasteiger partial charge in [-0.2, -0.15) is 0 Å². The SMILES string of the molecule is CC(CCNC(=O)NC1C(C)(C)C1(C)C)CCC(=O)O. The summed E-state index contributed by atoms with van der Waals surface area (Å²) in [5.74, 6) is -0.457. The molecule has 0 radical (unpaired) electrons. The van der Waals surface area contributed by atoms with Gasteiger partial charge in [-0.3, -0.25) is 4.79 Å². The van der Waals surface area contributed by atoms with Gasteiger partial charge in [0.15, 0.2) is 0 Å². The van der Waals surface area contributed by atoms with E-state index < -0.39 is 5.97 Å². The molecular weight excluding hydrogens is 256 g/mol. The fraction of sp³-hybridized carbons (Fsp3) is 0.867. The Morgan fingerprint density at radius 2 is 1.70 bits per heavy atom. The summed E-state index contributed by atoms with van der Waals surface area (Å²) in [6.45, 7) is 11.2. The highest BCUT2D eigenvalue weighted by atomic mass is 16.4. The van der Waals surface area contributed by atoms with E-state index in [1.54, 1.807) is 0 Å². The molecular formula is C15H28N2O3. The van der Waals surface area contributed by atoms with E-state index in [1.165, 1.54) is 0 Å². The second-order valence-corrected chi connectivity index (χ2v) is 7.10. The Morgan fingerprint density at radius 1 is 1.15 bits per heavy atom. The molecule has 0 heterocycles. The van der Waals surface area contributed by atoms with Crippen molar-refractivity contribution >= 4 is 12.0 Å². The van der Waals surface area contributed by atoms with Gasteiger partial charge in [-0.15, -0.1) is 0 Å². The van der Waals surface area contributed by atoms with Gasteiger partial charge in [0.1, 0.15) is 0 Å². The molecule has 1 saturated carbocycles. The number of urea groups is 1. The molecule has 1 unspecified atom stereocenters. The van der Waals surface area contributed by atoms with Gasteiger partial charge in [0.05, 0.1) is 0 Å². The summed E-state index contributed by atoms with van der Waals surface area (Å²) >= 11 is 0. The van der Waals surface area contributed by atoms with Crippen molar-refractivity contribution in [2.24, 2.45) is 16.7 Å². The number of amides is 2. The minimum Gasteiger partial charge on any atom is -0.481 e. The number of carbonyl (C=O) groups excluding carboxylic acids is 1. The Labute approximate surface area is 121 Å². The smallest absolute Gasteiger partial charge is 0.315 e. The summed E-state index contributed by atoms with van der Waals surface area (Å²) < 4.78 is 0. The number of carbonyl (C=O) groups is 2. The molecule has 0 spiro atoms. The quantitative estimate of drug-likeness (QED) is 0.672. The first-order chi connectivity index (χ1) is 9.09. The molecule has 5 heteroatoms. The van der Waals surface area contributed by atoms with Gasteiger partial charge in [-0.1, -0.05) is 34.6 Å². The number of rotatable bonds is 7. The molecule has 0 aliphatic heterocycles. The minimum absolute atomic E-state index is 0.126. The lowest BCUT2D eigenvalue weighted by atomic mass is 10.0. The van der Waals surface area contributed by atoms with E-state index in [-0.39, 0.29) is 29.3 Å². The predicted octanol–water partition coefficient (Wildman–Crippen LogP) is 2.61. The molecule has 20 heavy (non-hydrogen) atoms. The van der Waals surface area contributed by atoms with Crippen LogP contribution >= 0.6 is 0 Å². The summed E-state index contributed by atoms with van der Waals surface area (Å²) in [6.07, 6.45) is 1.65. The fourth-order valence-electron chi connectivity index (χ4n) is 2.69. The first-order valence-electron chi connectivity index (χ1n) is 7.35. The predicted molar refractivity (Wildman–Crippen MR) is 78.5 cm³/mol. The van der Waals surface area contributed by atoms with Gasteiger partial charge in [-0.25, -0.2) is 4.79 Å². The Morgan fingerprint density at radius 3 is 2.15 bits per heavy atom. The van der Waals surface area contributed by atoms with Gasteiger partial charge >= 0.3 is 12.0 Å². The third kappa shape index (κ3) is 3.87. The lowest BCUT2D eigenvalue weighted by Gasteiger charge is -2.12. The molecule has 1 fully saturated rings. The van der Waals surface area contributed by atoms with E-state index in [4.69, 9.17) is 5.11 Å². The van der Waals surface area contributed by atoms with Gasteiger partial charge < -0.3 is 15.7 Å². The summed E-state index contributed by atoms with van der Waals surface area (Å²) in [5.41, 5.74) is 0.276. The highest BCUT2D eigenvalue weighted by molar-refractivity contribution is 5.75. The van der Waals surface area contributed by atoms with Crippen molar-refractivity contribution < 1.29 is 14.7 Å². The van der Waals surface area contributed by atoms with Crippen molar-refractivity contribution in [1.29, 1.82) is 0 Å². The van der Waals surface area contributed by atoms with Gasteiger partial charge in [0.2, 0.25) is 0 Å². The topological polar surface area (TPSA) is 78.4 Å². The molecule has 1 rings (SSSR count). The second kappa shape index (κ2) is 6.02. The minimum atomic E-state index is -0.763. The van der Waals surface area contributed by atoms with Crippen LogP contribution in [0.4, 0.5) is 4.79 Å². The van der Waals surface area contributed by atoms with Gasteiger partial charge in [0.25, 0.3) is 0 Å². The third-order valence-electron chi connectivity index (χ3n) is 5.07. The molecule has 0 aromatic carbocycles. The van der Waals surface area contributed by atoms with Crippen molar-refractivity contribution in [1.82, 2.24) is 10.6 Å². The van der Waals surface area contributed by atoms with Crippen molar-refractivity contribution in [3.63, 3.8) is 0 Å². The van der Waals surface area contributed by atoms with Crippen molar-refractivity contribution in [3.05, 3.63) is 0 Å². The lowest BCUT2D eigenvalue weighted by Crippen LogP contribution is -2.39. The zero-order valence-corrected chi connectivity index (χ0v) is 13.2. The van der Waals surface area contributed by atoms with E-state index in [0.29, 0.717) is 18.9 Å². The summed E-state index contributed by atoms with van der Waals surface area (Å²) in [7, 11) is 0. The lowest BCUT2D eigenvalue weighted by molar-refractivity contribution is -0.137. The van der Waals surface area contributed by atoms with Crippen molar-refractivity contribution in [3.8, 4) is 0 Å². The molecule has 0 aromatic heterocycles. The normalized spacial score (nSPS) is 21.1. The van der Waals surface area contributed by atoms with E-state index in [1.807, 2.05) is 6.92 Å². The van der Waals surface area contributed by atoms with Crippen LogP contribution in [-0.4, -0.2) is 29.7 Å². The molecule has 116 valence electrons. The maximum Gasteiger partial charge on any atom is 0.315 e. The van der Waals surface area contributed by atoms with Crippen LogP contribution in [-0.2, 0) is 4.79 Å². The molecule has 0 saturated heterocycles. The van der Waals surface area contributed by atoms with E-state index in [2.05, 4.69) is 38.3 Å². The zero-order chi connectivity index (χ0) is 15.6. The average Bonchev–Trinajstić information content (AvgIpc) is 2.69. The van der Waals surface area contributed by atoms with Crippen LogP contribution in [0, 0.1) is 16.7 Å². The Bertz CT molecular complexity index is 363. The standard InChI is InChI=1S/C15H28N2O3/c1-10(6-7-11(18)19)8-9-16-13(20)17-12-14(2,3)15(12,4)5/h10,12H,6-9H2,1-5H3,(H,18,19)(H2,16,17,20). The molecule has 1 aliphatic rings. The number of hydrogen-bond donors (Lipinski definition) is 3. The van der Waals surface area contributed by atoms with Crippen LogP contribution < -0.4 is 10.6 Å². The zero-order valence-electron chi connectivity index (χ0n) is 13.2. The second-order valence-electron chi connectivity index (χ2n) is 7.10. The van der Waals surface area contributed by atoms with E-state index >= 15 is 0 Å². The Hall–Kier alpha value is -1.26. The summed E-state index contributed by atoms with van der Waals surface area (Å²) in [4.78, 5) is 22.3. The molecule has 1 aliphatic carbocycles. The number of nitrogens with one attached hydrogen (secondary N) is 2. The van der Waals surface area contributed by atoms with Crippen molar-refractivity contribution in [2.75, 3.05) is 6.54 Å². The van der Waals surface area contributed by atoms with Gasteiger partial charge in [0, 0.05) is 19.0 Å². The fourth-order valence-corrected chi connectivity index (χ4v) is 2.69. The number of aliphatic carboxylic acids is 1. The Kier molecular flexibility index (Phi) is 5.05. The molecule has 0 aromatic rings. The number of hydrogen-bond acceptors (Lipinski definition) is 2. The number of carboxylic acids is 1. The third-order valence-corrected chi connectivity index (χ3v) is 5.07. The van der Waals surface area contributed by atoms with Crippen LogP contribution in [0.3, 0.4) is 0 Å². The summed E-state index contributed by atoms with van der Waals surface area (Å²) in [5, 5.41) is 14.5. The largest absolute Gasteiger partial charge is 0.481 e. The first kappa shape index (κ1) is 16.8. The highest BCUT2D eigenvalue weighted by Crippen LogP contribution is 2.62. The molecule has 5 nitrogen and oxygen atoms in total. The van der Waals surface area contributed by atoms with Crippen LogP contribution in [0.5, 0.6) is 0 Å². The molecule has 0 bridgehead atoms. The monoisotopic (exact) mass is 284 g/mol. The first-order valence-corrected chi connectivity index (χ1v) is 7.35. The molecule has 2 amide bonds. The van der Waals surface area contributed by atoms with E-state index in [9.17, 15) is 9.59 Å². The summed E-state index contributed by atoms with van der Waals surface area (Å²) in [6, 6.07) is 0.0820. The maximum atomic E-state index is 11.8. The molecule has 3 N–H and O–H groups in total. The van der Waals surface area contributed by atoms with Gasteiger partial charge in [-0.05, 0) is 29.6 Å². The van der Waals surface area contributed by atoms with Crippen LogP contribution in [0.25, 0.3) is 0 Å². The van der Waals surface area contributed by atoms with E-state index in [0.717, 1.165) is 6.42 Å². The highest BCUT2D eigenvalue weighted by Gasteiger charge is 2.65. The molecule has 1 atom stereocenters. The maximum absolute atomic E-state index is 11.8. The van der Waals surface area contributed by atoms with Crippen molar-refractivity contribution in [2.45, 2.75) is 59.9 Å². The Balaban J connectivity index is 2.17. The number of carboxylic acid groups (broad SMARTS) is 1. The van der Waals surface area contributed by atoms with Crippen LogP contribution in [0.2, 0.25) is 0 Å². The van der Waals surface area contributed by atoms with Crippen LogP contribution in [0.15, 0.2) is 0 Å².